The first-order chi connectivity index (χ1) is 7.65. The molecule has 0 bridgehead atoms. The van der Waals surface area contributed by atoms with E-state index < -0.39 is 0 Å². The van der Waals surface area contributed by atoms with Crippen LogP contribution >= 0.6 is 0 Å². The van der Waals surface area contributed by atoms with E-state index in [1.165, 1.54) is 0 Å². The minimum atomic E-state index is -0.245. The van der Waals surface area contributed by atoms with Crippen LogP contribution in [0.15, 0.2) is 12.3 Å². The third-order valence-electron chi connectivity index (χ3n) is 3.12. The molecular formula is C11H18N4O. The van der Waals surface area contributed by atoms with Crippen LogP contribution in [0.1, 0.15) is 18.5 Å². The molecule has 0 aromatic carbocycles. The van der Waals surface area contributed by atoms with Gasteiger partial charge in [-0.05, 0) is 37.8 Å². The van der Waals surface area contributed by atoms with Crippen molar-refractivity contribution in [2.45, 2.75) is 25.3 Å². The molecule has 3 N–H and O–H groups in total. The number of nitrogens with two attached hydrogens (primary N) is 1. The Balaban J connectivity index is 1.92. The SMILES string of the molecule is Cn1ccc(CC2CCNC(C(N)=O)C2)n1. The van der Waals surface area contributed by atoms with Gasteiger partial charge in [0.25, 0.3) is 0 Å². The van der Waals surface area contributed by atoms with Crippen LogP contribution in [0.3, 0.4) is 0 Å². The van der Waals surface area contributed by atoms with Crippen LogP contribution in [0.2, 0.25) is 0 Å². The van der Waals surface area contributed by atoms with Gasteiger partial charge >= 0.3 is 0 Å². The van der Waals surface area contributed by atoms with Crippen molar-refractivity contribution >= 4 is 5.91 Å². The van der Waals surface area contributed by atoms with E-state index in [0.717, 1.165) is 31.5 Å². The van der Waals surface area contributed by atoms with Crippen LogP contribution in [0.4, 0.5) is 0 Å². The number of carbonyl (C=O) groups is 1. The molecule has 5 heteroatoms. The maximum atomic E-state index is 11.1. The lowest BCUT2D eigenvalue weighted by molar-refractivity contribution is -0.120. The van der Waals surface area contributed by atoms with E-state index in [1.807, 2.05) is 24.0 Å². The number of amides is 1. The van der Waals surface area contributed by atoms with E-state index in [4.69, 9.17) is 5.73 Å². The number of nitrogens with one attached hydrogen (secondary N) is 1. The fourth-order valence-corrected chi connectivity index (χ4v) is 2.27. The van der Waals surface area contributed by atoms with E-state index in [1.54, 1.807) is 0 Å². The Hall–Kier alpha value is -1.36. The molecule has 0 aliphatic carbocycles. The van der Waals surface area contributed by atoms with Gasteiger partial charge in [0.05, 0.1) is 11.7 Å². The zero-order chi connectivity index (χ0) is 11.5. The Bertz CT molecular complexity index is 374. The van der Waals surface area contributed by atoms with E-state index in [-0.39, 0.29) is 11.9 Å². The predicted molar refractivity (Wildman–Crippen MR) is 60.6 cm³/mol. The number of carbonyl (C=O) groups excluding carboxylic acids is 1. The van der Waals surface area contributed by atoms with Gasteiger partial charge in [-0.25, -0.2) is 0 Å². The average Bonchev–Trinajstić information content (AvgIpc) is 2.64. The average molecular weight is 222 g/mol. The van der Waals surface area contributed by atoms with Crippen LogP contribution in [-0.2, 0) is 18.3 Å². The van der Waals surface area contributed by atoms with Gasteiger partial charge in [0.2, 0.25) is 5.91 Å². The molecule has 0 spiro atoms. The summed E-state index contributed by atoms with van der Waals surface area (Å²) in [5, 5.41) is 7.49. The van der Waals surface area contributed by atoms with Crippen molar-refractivity contribution in [2.24, 2.45) is 18.7 Å². The molecule has 1 aliphatic heterocycles. The molecule has 1 saturated heterocycles. The first-order valence-corrected chi connectivity index (χ1v) is 5.66. The van der Waals surface area contributed by atoms with E-state index in [9.17, 15) is 4.79 Å². The third-order valence-corrected chi connectivity index (χ3v) is 3.12. The molecule has 16 heavy (non-hydrogen) atoms. The van der Waals surface area contributed by atoms with Gasteiger partial charge in [-0.1, -0.05) is 0 Å². The van der Waals surface area contributed by atoms with E-state index in [2.05, 4.69) is 10.4 Å². The quantitative estimate of drug-likeness (QED) is 0.745. The molecule has 2 heterocycles. The zero-order valence-corrected chi connectivity index (χ0v) is 9.52. The summed E-state index contributed by atoms with van der Waals surface area (Å²) in [5.74, 6) is 0.263. The molecule has 5 nitrogen and oxygen atoms in total. The first kappa shape index (κ1) is 11.1. The Morgan fingerprint density at radius 2 is 2.56 bits per heavy atom. The number of hydrogen-bond acceptors (Lipinski definition) is 3. The number of aromatic nitrogens is 2. The maximum absolute atomic E-state index is 11.1. The summed E-state index contributed by atoms with van der Waals surface area (Å²) in [6.07, 6.45) is 4.79. The van der Waals surface area contributed by atoms with Gasteiger partial charge in [0, 0.05) is 13.2 Å². The standard InChI is InChI=1S/C11H18N4O/c1-15-5-3-9(14-15)6-8-2-4-13-10(7-8)11(12)16/h3,5,8,10,13H,2,4,6-7H2,1H3,(H2,12,16). The molecule has 0 saturated carbocycles. The Morgan fingerprint density at radius 1 is 1.75 bits per heavy atom. The molecule has 2 rings (SSSR count). The van der Waals surface area contributed by atoms with Crippen molar-refractivity contribution in [1.29, 1.82) is 0 Å². The molecule has 0 radical (unpaired) electrons. The summed E-state index contributed by atoms with van der Waals surface area (Å²) in [4.78, 5) is 11.1. The number of aryl methyl sites for hydroxylation is 1. The molecule has 1 aromatic rings. The number of primary amides is 1. The summed E-state index contributed by atoms with van der Waals surface area (Å²) >= 11 is 0. The van der Waals surface area contributed by atoms with E-state index >= 15 is 0 Å². The second-order valence-electron chi connectivity index (χ2n) is 4.48. The topological polar surface area (TPSA) is 72.9 Å². The van der Waals surface area contributed by atoms with Crippen molar-refractivity contribution in [3.63, 3.8) is 0 Å². The Kier molecular flexibility index (Phi) is 3.24. The van der Waals surface area contributed by atoms with Crippen molar-refractivity contribution in [3.8, 4) is 0 Å². The fraction of sp³-hybridized carbons (Fsp3) is 0.636. The highest BCUT2D eigenvalue weighted by molar-refractivity contribution is 5.79. The van der Waals surface area contributed by atoms with Gasteiger partial charge in [-0.2, -0.15) is 5.10 Å². The minimum Gasteiger partial charge on any atom is -0.368 e. The molecule has 1 fully saturated rings. The molecule has 2 atom stereocenters. The van der Waals surface area contributed by atoms with Crippen LogP contribution < -0.4 is 11.1 Å². The largest absolute Gasteiger partial charge is 0.368 e. The normalized spacial score (nSPS) is 25.6. The van der Waals surface area contributed by atoms with Crippen molar-refractivity contribution < 1.29 is 4.79 Å². The summed E-state index contributed by atoms with van der Waals surface area (Å²) in [6.45, 7) is 0.866. The lowest BCUT2D eigenvalue weighted by atomic mass is 9.88. The highest BCUT2D eigenvalue weighted by Gasteiger charge is 2.25. The molecule has 88 valence electrons. The second-order valence-corrected chi connectivity index (χ2v) is 4.48. The van der Waals surface area contributed by atoms with E-state index in [0.29, 0.717) is 5.92 Å². The van der Waals surface area contributed by atoms with Gasteiger partial charge in [0.1, 0.15) is 0 Å². The van der Waals surface area contributed by atoms with Gasteiger partial charge in [0.15, 0.2) is 0 Å². The summed E-state index contributed by atoms with van der Waals surface area (Å²) < 4.78 is 1.81. The minimum absolute atomic E-state index is 0.164. The highest BCUT2D eigenvalue weighted by atomic mass is 16.1. The van der Waals surface area contributed by atoms with Crippen molar-refractivity contribution in [3.05, 3.63) is 18.0 Å². The Morgan fingerprint density at radius 3 is 3.19 bits per heavy atom. The smallest absolute Gasteiger partial charge is 0.234 e. The summed E-state index contributed by atoms with van der Waals surface area (Å²) in [6, 6.07) is 1.86. The second kappa shape index (κ2) is 4.65. The lowest BCUT2D eigenvalue weighted by Crippen LogP contribution is -2.47. The molecule has 1 aromatic heterocycles. The van der Waals surface area contributed by atoms with Gasteiger partial charge < -0.3 is 11.1 Å². The highest BCUT2D eigenvalue weighted by Crippen LogP contribution is 2.20. The molecule has 1 amide bonds. The number of nitrogens with zero attached hydrogens (tertiary/aromatic N) is 2. The fourth-order valence-electron chi connectivity index (χ4n) is 2.27. The monoisotopic (exact) mass is 222 g/mol. The lowest BCUT2D eigenvalue weighted by Gasteiger charge is -2.27. The predicted octanol–water partition coefficient (Wildman–Crippen LogP) is -0.184. The molecule has 1 aliphatic rings. The van der Waals surface area contributed by atoms with Gasteiger partial charge in [-0.3, -0.25) is 9.48 Å². The first-order valence-electron chi connectivity index (χ1n) is 5.66. The summed E-state index contributed by atoms with van der Waals surface area (Å²) in [7, 11) is 1.91. The zero-order valence-electron chi connectivity index (χ0n) is 9.52. The van der Waals surface area contributed by atoms with Crippen molar-refractivity contribution in [1.82, 2.24) is 15.1 Å². The van der Waals surface area contributed by atoms with Crippen molar-refractivity contribution in [2.75, 3.05) is 6.54 Å². The molecule has 2 unspecified atom stereocenters. The maximum Gasteiger partial charge on any atom is 0.234 e. The van der Waals surface area contributed by atoms with Crippen LogP contribution in [-0.4, -0.2) is 28.3 Å². The molecular weight excluding hydrogens is 204 g/mol. The van der Waals surface area contributed by atoms with Gasteiger partial charge in [-0.15, -0.1) is 0 Å². The van der Waals surface area contributed by atoms with Crippen LogP contribution in [0.5, 0.6) is 0 Å². The Labute approximate surface area is 95.0 Å². The van der Waals surface area contributed by atoms with Crippen LogP contribution in [0, 0.1) is 5.92 Å². The number of piperidine rings is 1. The summed E-state index contributed by atoms with van der Waals surface area (Å²) in [5.41, 5.74) is 6.40. The third kappa shape index (κ3) is 2.61. The number of hydrogen-bond donors (Lipinski definition) is 2. The number of rotatable bonds is 3. The van der Waals surface area contributed by atoms with Crippen LogP contribution in [0.25, 0.3) is 0 Å².